The predicted octanol–water partition coefficient (Wildman–Crippen LogP) is 4.43. The highest BCUT2D eigenvalue weighted by Gasteiger charge is 2.43. The Bertz CT molecular complexity index is 1120. The number of ether oxygens (including phenoxy) is 2. The third-order valence-corrected chi connectivity index (χ3v) is 4.46. The lowest BCUT2D eigenvalue weighted by atomic mass is 10.1. The summed E-state index contributed by atoms with van der Waals surface area (Å²) < 4.78 is 65.1. The average Bonchev–Trinajstić information content (AvgIpc) is 3.15. The Morgan fingerprint density at radius 1 is 1.00 bits per heavy atom. The lowest BCUT2D eigenvalue weighted by Crippen LogP contribution is -2.25. The predicted molar refractivity (Wildman–Crippen MR) is 87.7 cm³/mol. The van der Waals surface area contributed by atoms with E-state index in [0.29, 0.717) is 22.7 Å². The first-order valence-electron chi connectivity index (χ1n) is 8.02. The smallest absolute Gasteiger partial charge is 0.395 e. The van der Waals surface area contributed by atoms with E-state index in [1.165, 1.54) is 18.2 Å². The molecule has 0 aliphatic carbocycles. The van der Waals surface area contributed by atoms with Gasteiger partial charge in [0.2, 0.25) is 0 Å². The van der Waals surface area contributed by atoms with Crippen LogP contribution < -0.4 is 9.47 Å². The average molecular weight is 374 g/mol. The third-order valence-electron chi connectivity index (χ3n) is 4.46. The zero-order chi connectivity index (χ0) is 18.8. The Morgan fingerprint density at radius 3 is 2.67 bits per heavy atom. The number of fused-ring (bicyclic) bond motifs is 4. The van der Waals surface area contributed by atoms with Crippen molar-refractivity contribution in [3.8, 4) is 17.2 Å². The van der Waals surface area contributed by atoms with Gasteiger partial charge in [0.25, 0.3) is 0 Å². The van der Waals surface area contributed by atoms with Gasteiger partial charge in [-0.2, -0.15) is 0 Å². The van der Waals surface area contributed by atoms with Crippen molar-refractivity contribution in [1.82, 2.24) is 4.57 Å². The Hall–Kier alpha value is -3.29. The summed E-state index contributed by atoms with van der Waals surface area (Å²) in [6.07, 6.45) is -2.06. The van der Waals surface area contributed by atoms with Crippen LogP contribution in [0, 0.1) is 11.6 Å². The maximum Gasteiger partial charge on any atom is 0.586 e. The number of aliphatic imine (C=N–C) groups is 1. The molecule has 5 rings (SSSR count). The highest BCUT2D eigenvalue weighted by molar-refractivity contribution is 6.13. The Morgan fingerprint density at radius 2 is 1.81 bits per heavy atom. The van der Waals surface area contributed by atoms with Crippen LogP contribution in [0.2, 0.25) is 0 Å². The summed E-state index contributed by atoms with van der Waals surface area (Å²) >= 11 is 0. The van der Waals surface area contributed by atoms with Crippen molar-refractivity contribution >= 4 is 5.71 Å². The highest BCUT2D eigenvalue weighted by atomic mass is 19.3. The number of halogens is 4. The van der Waals surface area contributed by atoms with Crippen LogP contribution in [0.3, 0.4) is 0 Å². The fourth-order valence-electron chi connectivity index (χ4n) is 3.32. The third kappa shape index (κ3) is 2.48. The molecule has 136 valence electrons. The van der Waals surface area contributed by atoms with E-state index >= 15 is 0 Å². The second kappa shape index (κ2) is 5.35. The minimum atomic E-state index is -3.72. The molecular weight excluding hydrogens is 364 g/mol. The monoisotopic (exact) mass is 374 g/mol. The van der Waals surface area contributed by atoms with Crippen molar-refractivity contribution in [2.75, 3.05) is 0 Å². The Balaban J connectivity index is 1.66. The molecule has 0 spiro atoms. The van der Waals surface area contributed by atoms with Gasteiger partial charge in [0.1, 0.15) is 11.6 Å². The summed E-state index contributed by atoms with van der Waals surface area (Å²) in [5.41, 5.74) is 2.10. The van der Waals surface area contributed by atoms with Gasteiger partial charge in [-0.25, -0.2) is 8.78 Å². The molecule has 27 heavy (non-hydrogen) atoms. The maximum absolute atomic E-state index is 14.3. The second-order valence-corrected chi connectivity index (χ2v) is 6.14. The number of hydrogen-bond acceptors (Lipinski definition) is 3. The Labute approximate surface area is 150 Å². The first-order valence-corrected chi connectivity index (χ1v) is 8.02. The van der Waals surface area contributed by atoms with Crippen molar-refractivity contribution in [3.05, 3.63) is 77.1 Å². The largest absolute Gasteiger partial charge is 0.586 e. The number of aromatic nitrogens is 1. The van der Waals surface area contributed by atoms with Crippen molar-refractivity contribution in [1.29, 1.82) is 0 Å². The van der Waals surface area contributed by atoms with Gasteiger partial charge in [-0.3, -0.25) is 4.99 Å². The van der Waals surface area contributed by atoms with Crippen molar-refractivity contribution < 1.29 is 27.0 Å². The van der Waals surface area contributed by atoms with Gasteiger partial charge in [-0.1, -0.05) is 0 Å². The van der Waals surface area contributed by atoms with Gasteiger partial charge in [0, 0.05) is 23.4 Å². The molecule has 8 heteroatoms. The zero-order valence-electron chi connectivity index (χ0n) is 13.5. The number of hydrogen-bond donors (Lipinski definition) is 0. The first-order chi connectivity index (χ1) is 12.9. The van der Waals surface area contributed by atoms with Crippen LogP contribution >= 0.6 is 0 Å². The molecule has 0 radical (unpaired) electrons. The number of benzene rings is 2. The maximum atomic E-state index is 14.3. The highest BCUT2D eigenvalue weighted by Crippen LogP contribution is 2.41. The fourth-order valence-corrected chi connectivity index (χ4v) is 3.32. The van der Waals surface area contributed by atoms with Gasteiger partial charge in [-0.15, -0.1) is 8.78 Å². The van der Waals surface area contributed by atoms with Crippen molar-refractivity contribution in [2.24, 2.45) is 4.99 Å². The Kier molecular flexibility index (Phi) is 3.16. The van der Waals surface area contributed by atoms with Crippen LogP contribution in [0.4, 0.5) is 17.6 Å². The molecule has 2 aliphatic rings. The quantitative estimate of drug-likeness (QED) is 0.591. The van der Waals surface area contributed by atoms with Crippen molar-refractivity contribution in [2.45, 2.75) is 12.8 Å². The van der Waals surface area contributed by atoms with E-state index in [9.17, 15) is 17.6 Å². The molecule has 0 saturated heterocycles. The second-order valence-electron chi connectivity index (χ2n) is 6.14. The van der Waals surface area contributed by atoms with E-state index < -0.39 is 17.9 Å². The normalized spacial score (nSPS) is 16.4. The van der Waals surface area contributed by atoms with E-state index in [-0.39, 0.29) is 23.6 Å². The van der Waals surface area contributed by atoms with Gasteiger partial charge in [-0.05, 0) is 36.4 Å². The van der Waals surface area contributed by atoms with E-state index in [0.717, 1.165) is 6.07 Å². The molecule has 4 nitrogen and oxygen atoms in total. The van der Waals surface area contributed by atoms with Gasteiger partial charge in [0.15, 0.2) is 11.5 Å². The summed E-state index contributed by atoms with van der Waals surface area (Å²) in [6, 6.07) is 9.80. The number of alkyl halides is 2. The minimum Gasteiger partial charge on any atom is -0.395 e. The van der Waals surface area contributed by atoms with E-state index in [1.807, 2.05) is 0 Å². The number of rotatable bonds is 1. The van der Waals surface area contributed by atoms with Crippen LogP contribution in [0.15, 0.2) is 53.7 Å². The van der Waals surface area contributed by atoms with E-state index in [4.69, 9.17) is 0 Å². The molecule has 3 heterocycles. The van der Waals surface area contributed by atoms with Crippen LogP contribution in [0.5, 0.6) is 11.5 Å². The molecule has 1 aromatic heterocycles. The minimum absolute atomic E-state index is 0.0247. The fraction of sp³-hybridized carbons (Fsp3) is 0.105. The molecule has 0 saturated carbocycles. The number of nitrogens with zero attached hydrogens (tertiary/aromatic N) is 2. The summed E-state index contributed by atoms with van der Waals surface area (Å²) in [5, 5.41) is 0. The topological polar surface area (TPSA) is 35.8 Å². The molecule has 0 unspecified atom stereocenters. The van der Waals surface area contributed by atoms with Crippen molar-refractivity contribution in [3.63, 3.8) is 0 Å². The SMILES string of the molecule is Fc1cc(F)c2c(c1)-n1cccc1C(c1ccc3c(c1)OC(F)(F)O3)=NC2. The molecule has 2 aromatic carbocycles. The molecule has 0 amide bonds. The molecule has 0 fully saturated rings. The molecule has 0 atom stereocenters. The molecule has 3 aromatic rings. The first kappa shape index (κ1) is 15.9. The van der Waals surface area contributed by atoms with Gasteiger partial charge >= 0.3 is 6.29 Å². The van der Waals surface area contributed by atoms with Crippen LogP contribution in [-0.2, 0) is 6.54 Å². The standard InChI is InChI=1S/C19H10F4N2O2/c20-11-7-13(21)12-9-24-18(14-2-1-5-25(14)15(12)8-11)10-3-4-16-17(6-10)27-19(22,23)26-16/h1-8H,9H2. The summed E-state index contributed by atoms with van der Waals surface area (Å²) in [4.78, 5) is 4.45. The molecule has 0 bridgehead atoms. The molecule has 0 N–H and O–H groups in total. The molecule has 2 aliphatic heterocycles. The summed E-state index contributed by atoms with van der Waals surface area (Å²) in [7, 11) is 0. The lowest BCUT2D eigenvalue weighted by molar-refractivity contribution is -0.286. The molecular formula is C19H10F4N2O2. The van der Waals surface area contributed by atoms with Crippen LogP contribution in [0.25, 0.3) is 5.69 Å². The van der Waals surface area contributed by atoms with Crippen LogP contribution in [-0.4, -0.2) is 16.6 Å². The summed E-state index contributed by atoms with van der Waals surface area (Å²) in [6.45, 7) is -0.0247. The van der Waals surface area contributed by atoms with Crippen LogP contribution in [0.1, 0.15) is 16.8 Å². The van der Waals surface area contributed by atoms with E-state index in [1.54, 1.807) is 29.0 Å². The van der Waals surface area contributed by atoms with Gasteiger partial charge in [0.05, 0.1) is 23.6 Å². The summed E-state index contributed by atoms with van der Waals surface area (Å²) in [5.74, 6) is -1.58. The zero-order valence-corrected chi connectivity index (χ0v) is 13.5. The van der Waals surface area contributed by atoms with Gasteiger partial charge < -0.3 is 14.0 Å². The van der Waals surface area contributed by atoms with E-state index in [2.05, 4.69) is 14.5 Å². The lowest BCUT2D eigenvalue weighted by Gasteiger charge is -2.11.